The van der Waals surface area contributed by atoms with Crippen LogP contribution in [-0.2, 0) is 6.42 Å². The molecule has 1 atom stereocenters. The van der Waals surface area contributed by atoms with Crippen LogP contribution in [0.3, 0.4) is 0 Å². The molecule has 4 rings (SSSR count). The van der Waals surface area contributed by atoms with Crippen LogP contribution < -0.4 is 0 Å². The molecule has 7 heteroatoms. The second kappa shape index (κ2) is 7.29. The lowest BCUT2D eigenvalue weighted by Gasteiger charge is -2.26. The number of carboxylic acids is 1. The molecule has 1 N–H and O–H groups in total. The first kappa shape index (κ1) is 19.1. The highest BCUT2D eigenvalue weighted by atomic mass is 35.5. The van der Waals surface area contributed by atoms with Gasteiger partial charge in [-0.2, -0.15) is 0 Å². The summed E-state index contributed by atoms with van der Waals surface area (Å²) >= 11 is 5.92. The van der Waals surface area contributed by atoms with E-state index in [-0.39, 0.29) is 22.2 Å². The fourth-order valence-electron chi connectivity index (χ4n) is 3.94. The number of rotatable bonds is 3. The van der Waals surface area contributed by atoms with Gasteiger partial charge in [-0.3, -0.25) is 10.1 Å². The van der Waals surface area contributed by atoms with Gasteiger partial charge in [-0.05, 0) is 53.7 Å². The van der Waals surface area contributed by atoms with Crippen molar-refractivity contribution in [3.63, 3.8) is 0 Å². The third-order valence-electron chi connectivity index (χ3n) is 5.14. The topological polar surface area (TPSA) is 93.3 Å². The third-order valence-corrected chi connectivity index (χ3v) is 5.46. The number of nitro groups is 1. The largest absolute Gasteiger partial charge is 0.478 e. The number of para-hydroxylation sites is 1. The molecule has 1 unspecified atom stereocenters. The van der Waals surface area contributed by atoms with E-state index in [0.717, 1.165) is 5.57 Å². The van der Waals surface area contributed by atoms with Crippen LogP contribution >= 0.6 is 11.6 Å². The molecule has 1 aliphatic rings. The molecule has 1 aliphatic carbocycles. The van der Waals surface area contributed by atoms with E-state index in [1.165, 1.54) is 12.1 Å². The van der Waals surface area contributed by atoms with Gasteiger partial charge in [-0.1, -0.05) is 42.8 Å². The fraction of sp³-hybridized carbons (Fsp3) is 0.182. The lowest BCUT2D eigenvalue weighted by Crippen LogP contribution is -2.17. The number of benzene rings is 2. The van der Waals surface area contributed by atoms with E-state index in [0.29, 0.717) is 40.6 Å². The van der Waals surface area contributed by atoms with Crippen molar-refractivity contribution in [1.29, 1.82) is 0 Å². The Balaban J connectivity index is 1.95. The Labute approximate surface area is 171 Å². The normalized spacial score (nSPS) is 17.3. The molecule has 146 valence electrons. The summed E-state index contributed by atoms with van der Waals surface area (Å²) in [7, 11) is 0. The monoisotopic (exact) mass is 408 g/mol. The van der Waals surface area contributed by atoms with Crippen molar-refractivity contribution in [3.05, 3.63) is 80.0 Å². The zero-order valence-electron chi connectivity index (χ0n) is 15.6. The molecule has 1 aromatic heterocycles. The van der Waals surface area contributed by atoms with Gasteiger partial charge in [0.1, 0.15) is 5.02 Å². The number of nitrogens with zero attached hydrogens (tertiary/aromatic N) is 2. The van der Waals surface area contributed by atoms with Crippen molar-refractivity contribution in [2.24, 2.45) is 5.92 Å². The predicted octanol–water partition coefficient (Wildman–Crippen LogP) is 5.62. The van der Waals surface area contributed by atoms with Crippen LogP contribution in [-0.4, -0.2) is 21.0 Å². The summed E-state index contributed by atoms with van der Waals surface area (Å²) in [5.74, 6) is -0.757. The minimum atomic E-state index is -0.976. The van der Waals surface area contributed by atoms with Crippen LogP contribution in [0.2, 0.25) is 5.02 Å². The molecular formula is C22H17ClN2O4. The smallest absolute Gasteiger partial charge is 0.336 e. The van der Waals surface area contributed by atoms with Crippen LogP contribution in [0.5, 0.6) is 0 Å². The Morgan fingerprint density at radius 2 is 2.03 bits per heavy atom. The van der Waals surface area contributed by atoms with Gasteiger partial charge in [0.05, 0.1) is 21.7 Å². The molecular weight excluding hydrogens is 392 g/mol. The Morgan fingerprint density at radius 1 is 1.28 bits per heavy atom. The summed E-state index contributed by atoms with van der Waals surface area (Å²) in [6.07, 6.45) is 3.16. The highest BCUT2D eigenvalue weighted by Gasteiger charge is 2.28. The molecule has 0 saturated carbocycles. The summed E-state index contributed by atoms with van der Waals surface area (Å²) in [6.45, 7) is 2.06. The predicted molar refractivity (Wildman–Crippen MR) is 112 cm³/mol. The number of fused-ring (bicyclic) bond motifs is 2. The molecule has 0 radical (unpaired) electrons. The van der Waals surface area contributed by atoms with E-state index in [4.69, 9.17) is 16.6 Å². The van der Waals surface area contributed by atoms with Crippen LogP contribution in [0.4, 0.5) is 5.69 Å². The van der Waals surface area contributed by atoms with E-state index >= 15 is 0 Å². The number of carbonyl (C=O) groups is 1. The second-order valence-electron chi connectivity index (χ2n) is 7.29. The van der Waals surface area contributed by atoms with Crippen LogP contribution in [0, 0.1) is 16.0 Å². The van der Waals surface area contributed by atoms with Crippen molar-refractivity contribution in [2.75, 3.05) is 0 Å². The number of hydrogen-bond donors (Lipinski definition) is 1. The van der Waals surface area contributed by atoms with Crippen LogP contribution in [0.25, 0.3) is 22.6 Å². The molecule has 0 aliphatic heterocycles. The minimum Gasteiger partial charge on any atom is -0.478 e. The zero-order valence-corrected chi connectivity index (χ0v) is 16.3. The van der Waals surface area contributed by atoms with E-state index in [9.17, 15) is 20.0 Å². The molecule has 0 bridgehead atoms. The Kier molecular flexibility index (Phi) is 4.80. The summed E-state index contributed by atoms with van der Waals surface area (Å²) in [6, 6.07) is 11.8. The zero-order chi connectivity index (χ0) is 20.7. The molecule has 0 saturated heterocycles. The molecule has 0 fully saturated rings. The van der Waals surface area contributed by atoms with Gasteiger partial charge >= 0.3 is 5.97 Å². The van der Waals surface area contributed by atoms with E-state index in [1.54, 1.807) is 24.3 Å². The van der Waals surface area contributed by atoms with E-state index in [2.05, 4.69) is 6.92 Å². The average molecular weight is 409 g/mol. The number of aromatic carboxylic acids is 1. The number of halogens is 1. The lowest BCUT2D eigenvalue weighted by atomic mass is 9.80. The van der Waals surface area contributed by atoms with E-state index in [1.807, 2.05) is 12.1 Å². The quantitative estimate of drug-likeness (QED) is 0.448. The highest BCUT2D eigenvalue weighted by Crippen LogP contribution is 2.39. The van der Waals surface area contributed by atoms with Gasteiger partial charge < -0.3 is 5.11 Å². The van der Waals surface area contributed by atoms with Crippen molar-refractivity contribution in [1.82, 2.24) is 4.98 Å². The van der Waals surface area contributed by atoms with E-state index < -0.39 is 10.9 Å². The molecule has 1 heterocycles. The van der Waals surface area contributed by atoms with Gasteiger partial charge in [0.25, 0.3) is 5.69 Å². The summed E-state index contributed by atoms with van der Waals surface area (Å²) in [5.41, 5.74) is 3.59. The first-order chi connectivity index (χ1) is 13.8. The van der Waals surface area contributed by atoms with Crippen molar-refractivity contribution in [2.45, 2.75) is 19.8 Å². The molecule has 2 aromatic carbocycles. The van der Waals surface area contributed by atoms with Crippen molar-refractivity contribution < 1.29 is 14.8 Å². The number of aromatic nitrogens is 1. The Hall–Kier alpha value is -3.25. The number of nitro benzene ring substituents is 1. The molecule has 0 spiro atoms. The second-order valence-corrected chi connectivity index (χ2v) is 7.69. The SMILES string of the molecule is CC1C/C(=C/c2ccc(Cl)c([N+](=O)[O-])c2)c2nc3ccccc3c(C(=O)O)c2C1. The average Bonchev–Trinajstić information content (AvgIpc) is 2.67. The van der Waals surface area contributed by atoms with Gasteiger partial charge in [0, 0.05) is 11.5 Å². The molecule has 0 amide bonds. The maximum Gasteiger partial charge on any atom is 0.336 e. The summed E-state index contributed by atoms with van der Waals surface area (Å²) in [5, 5.41) is 21.8. The van der Waals surface area contributed by atoms with Crippen molar-refractivity contribution >= 4 is 45.8 Å². The fourth-order valence-corrected chi connectivity index (χ4v) is 4.13. The first-order valence-electron chi connectivity index (χ1n) is 9.15. The molecule has 3 aromatic rings. The summed E-state index contributed by atoms with van der Waals surface area (Å²) in [4.78, 5) is 27.5. The minimum absolute atomic E-state index is 0.0758. The number of carboxylic acid groups (broad SMARTS) is 1. The lowest BCUT2D eigenvalue weighted by molar-refractivity contribution is -0.384. The van der Waals surface area contributed by atoms with Crippen molar-refractivity contribution in [3.8, 4) is 0 Å². The maximum absolute atomic E-state index is 12.1. The Morgan fingerprint density at radius 3 is 2.76 bits per heavy atom. The standard InChI is InChI=1S/C22H17ClN2O4/c1-12-8-14(10-13-6-7-17(23)19(11-13)25(28)29)21-16(9-12)20(22(26)27)15-4-2-3-5-18(15)24-21/h2-7,10-12H,8-9H2,1H3,(H,26,27)/b14-10-. The molecule has 6 nitrogen and oxygen atoms in total. The van der Waals surface area contributed by atoms with Gasteiger partial charge in [0.2, 0.25) is 0 Å². The van der Waals surface area contributed by atoms with Gasteiger partial charge in [-0.15, -0.1) is 0 Å². The highest BCUT2D eigenvalue weighted by molar-refractivity contribution is 6.32. The molecule has 29 heavy (non-hydrogen) atoms. The first-order valence-corrected chi connectivity index (χ1v) is 9.52. The number of allylic oxidation sites excluding steroid dienone is 1. The van der Waals surface area contributed by atoms with Gasteiger partial charge in [-0.25, -0.2) is 9.78 Å². The maximum atomic E-state index is 12.1. The summed E-state index contributed by atoms with van der Waals surface area (Å²) < 4.78 is 0. The number of pyridine rings is 1. The van der Waals surface area contributed by atoms with Crippen LogP contribution in [0.15, 0.2) is 42.5 Å². The number of hydrogen-bond acceptors (Lipinski definition) is 4. The van der Waals surface area contributed by atoms with Gasteiger partial charge in [0.15, 0.2) is 0 Å². The van der Waals surface area contributed by atoms with Crippen LogP contribution in [0.1, 0.15) is 40.5 Å². The third kappa shape index (κ3) is 3.47. The Bertz CT molecular complexity index is 1200.